The lowest BCUT2D eigenvalue weighted by Gasteiger charge is -2.18. The maximum atomic E-state index is 11.8. The van der Waals surface area contributed by atoms with E-state index in [2.05, 4.69) is 20.9 Å². The summed E-state index contributed by atoms with van der Waals surface area (Å²) in [6.07, 6.45) is 2.29. The van der Waals surface area contributed by atoms with Gasteiger partial charge in [-0.3, -0.25) is 14.6 Å². The van der Waals surface area contributed by atoms with Crippen molar-refractivity contribution in [2.45, 2.75) is 32.2 Å². The molecule has 1 aromatic rings. The van der Waals surface area contributed by atoms with Gasteiger partial charge in [0.05, 0.1) is 4.88 Å². The minimum absolute atomic E-state index is 0.0239. The number of aliphatic imine (C=N–C) groups is 1. The van der Waals surface area contributed by atoms with Crippen LogP contribution in [0.1, 0.15) is 35.9 Å². The van der Waals surface area contributed by atoms with Crippen molar-refractivity contribution in [3.63, 3.8) is 0 Å². The number of amides is 2. The molecule has 2 amide bonds. The Hall–Kier alpha value is -2.09. The first kappa shape index (κ1) is 19.2. The quantitative estimate of drug-likeness (QED) is 0.383. The summed E-state index contributed by atoms with van der Waals surface area (Å²) >= 11 is 1.44. The van der Waals surface area contributed by atoms with Crippen LogP contribution in [0.4, 0.5) is 0 Å². The molecule has 2 rings (SSSR count). The van der Waals surface area contributed by atoms with Gasteiger partial charge in [-0.15, -0.1) is 11.3 Å². The molecule has 0 radical (unpaired) electrons. The van der Waals surface area contributed by atoms with Crippen LogP contribution in [-0.2, 0) is 4.79 Å². The van der Waals surface area contributed by atoms with Gasteiger partial charge in [-0.1, -0.05) is 13.0 Å². The Morgan fingerprint density at radius 2 is 2.16 bits per heavy atom. The van der Waals surface area contributed by atoms with E-state index < -0.39 is 0 Å². The number of nitrogens with zero attached hydrogens (tertiary/aromatic N) is 2. The third-order valence-corrected chi connectivity index (χ3v) is 4.95. The average Bonchev–Trinajstić information content (AvgIpc) is 3.31. The van der Waals surface area contributed by atoms with Crippen molar-refractivity contribution in [3.05, 3.63) is 22.4 Å². The van der Waals surface area contributed by atoms with Crippen LogP contribution in [0, 0.1) is 0 Å². The Labute approximate surface area is 152 Å². The number of likely N-dealkylation sites (tertiary alicyclic amines) is 1. The van der Waals surface area contributed by atoms with E-state index in [0.717, 1.165) is 36.8 Å². The van der Waals surface area contributed by atoms with Gasteiger partial charge in [-0.2, -0.15) is 0 Å². The first-order valence-electron chi connectivity index (χ1n) is 8.70. The van der Waals surface area contributed by atoms with Gasteiger partial charge in [-0.25, -0.2) is 0 Å². The number of hydrogen-bond acceptors (Lipinski definition) is 4. The van der Waals surface area contributed by atoms with Crippen LogP contribution in [0.3, 0.4) is 0 Å². The van der Waals surface area contributed by atoms with Gasteiger partial charge in [-0.05, 0) is 24.3 Å². The predicted molar refractivity (Wildman–Crippen MR) is 101 cm³/mol. The molecule has 1 atom stereocenters. The van der Waals surface area contributed by atoms with Crippen LogP contribution in [-0.4, -0.2) is 61.9 Å². The number of guanidine groups is 1. The van der Waals surface area contributed by atoms with Gasteiger partial charge in [0.15, 0.2) is 5.96 Å². The van der Waals surface area contributed by atoms with Crippen LogP contribution >= 0.6 is 11.3 Å². The van der Waals surface area contributed by atoms with E-state index in [0.29, 0.717) is 19.5 Å². The molecule has 0 aromatic carbocycles. The molecule has 1 unspecified atom stereocenters. The molecule has 0 saturated carbocycles. The van der Waals surface area contributed by atoms with Crippen LogP contribution in [0.15, 0.2) is 22.5 Å². The number of rotatable bonds is 7. The fraction of sp³-hybridized carbons (Fsp3) is 0.588. The molecule has 25 heavy (non-hydrogen) atoms. The third kappa shape index (κ3) is 6.04. The highest BCUT2D eigenvalue weighted by molar-refractivity contribution is 7.12. The van der Waals surface area contributed by atoms with Crippen molar-refractivity contribution in [1.82, 2.24) is 20.9 Å². The number of carbonyl (C=O) groups excluding carboxylic acids is 2. The number of carbonyl (C=O) groups is 2. The molecular formula is C17H27N5O2S. The van der Waals surface area contributed by atoms with Gasteiger partial charge >= 0.3 is 0 Å². The predicted octanol–water partition coefficient (Wildman–Crippen LogP) is 1.04. The zero-order chi connectivity index (χ0) is 18.1. The molecule has 1 aliphatic heterocycles. The van der Waals surface area contributed by atoms with E-state index in [1.54, 1.807) is 7.05 Å². The van der Waals surface area contributed by atoms with Crippen molar-refractivity contribution in [1.29, 1.82) is 0 Å². The molecule has 0 spiro atoms. The van der Waals surface area contributed by atoms with E-state index >= 15 is 0 Å². The van der Waals surface area contributed by atoms with Crippen molar-refractivity contribution >= 4 is 29.1 Å². The summed E-state index contributed by atoms with van der Waals surface area (Å²) in [7, 11) is 1.73. The van der Waals surface area contributed by atoms with Crippen LogP contribution in [0.2, 0.25) is 0 Å². The second-order valence-corrected chi connectivity index (χ2v) is 6.86. The summed E-state index contributed by atoms with van der Waals surface area (Å²) in [5.74, 6) is 0.915. The lowest BCUT2D eigenvalue weighted by Crippen LogP contribution is -2.45. The van der Waals surface area contributed by atoms with Gasteiger partial charge in [0.25, 0.3) is 5.91 Å². The van der Waals surface area contributed by atoms with Crippen LogP contribution < -0.4 is 16.0 Å². The summed E-state index contributed by atoms with van der Waals surface area (Å²) in [6.45, 7) is 4.75. The van der Waals surface area contributed by atoms with E-state index in [1.165, 1.54) is 11.3 Å². The minimum atomic E-state index is -0.0239. The number of thiophene rings is 1. The fourth-order valence-electron chi connectivity index (χ4n) is 2.71. The molecule has 2 heterocycles. The summed E-state index contributed by atoms with van der Waals surface area (Å²) in [4.78, 5) is 30.4. The Morgan fingerprint density at radius 1 is 1.36 bits per heavy atom. The Morgan fingerprint density at radius 3 is 2.84 bits per heavy atom. The van der Waals surface area contributed by atoms with Crippen LogP contribution in [0.5, 0.6) is 0 Å². The largest absolute Gasteiger partial charge is 0.356 e. The third-order valence-electron chi connectivity index (χ3n) is 4.08. The highest BCUT2D eigenvalue weighted by atomic mass is 32.1. The molecule has 0 aliphatic carbocycles. The molecule has 1 aliphatic rings. The van der Waals surface area contributed by atoms with Crippen molar-refractivity contribution in [2.24, 2.45) is 4.99 Å². The zero-order valence-electron chi connectivity index (χ0n) is 14.9. The first-order chi connectivity index (χ1) is 12.1. The summed E-state index contributed by atoms with van der Waals surface area (Å²) < 4.78 is 0. The van der Waals surface area contributed by atoms with Crippen molar-refractivity contribution in [2.75, 3.05) is 33.2 Å². The number of hydrogen-bond donors (Lipinski definition) is 3. The number of nitrogens with one attached hydrogen (secondary N) is 3. The van der Waals surface area contributed by atoms with E-state index in [4.69, 9.17) is 0 Å². The van der Waals surface area contributed by atoms with Crippen molar-refractivity contribution in [3.8, 4) is 0 Å². The summed E-state index contributed by atoms with van der Waals surface area (Å²) in [5.41, 5.74) is 0. The average molecular weight is 366 g/mol. The monoisotopic (exact) mass is 365 g/mol. The minimum Gasteiger partial charge on any atom is -0.356 e. The lowest BCUT2D eigenvalue weighted by atomic mass is 10.3. The SMILES string of the molecule is CCC(=O)N1CCC(NC(=NC)NCCCNC(=O)c2cccs2)C1. The molecule has 0 bridgehead atoms. The first-order valence-corrected chi connectivity index (χ1v) is 9.58. The Balaban J connectivity index is 1.61. The molecule has 1 saturated heterocycles. The maximum absolute atomic E-state index is 11.8. The normalized spacial score (nSPS) is 17.4. The maximum Gasteiger partial charge on any atom is 0.261 e. The second kappa shape index (κ2) is 10.0. The summed E-state index contributed by atoms with van der Waals surface area (Å²) in [6, 6.07) is 3.92. The Bertz CT molecular complexity index is 588. The van der Waals surface area contributed by atoms with Gasteiger partial charge in [0, 0.05) is 45.7 Å². The van der Waals surface area contributed by atoms with Gasteiger partial charge in [0.1, 0.15) is 0 Å². The van der Waals surface area contributed by atoms with Gasteiger partial charge < -0.3 is 20.9 Å². The standard InChI is InChI=1S/C17H27N5O2S/c1-3-15(23)22-10-7-13(12-22)21-17(18-2)20-9-5-8-19-16(24)14-6-4-11-25-14/h4,6,11,13H,3,5,7-10,12H2,1-2H3,(H,19,24)(H2,18,20,21). The van der Waals surface area contributed by atoms with E-state index in [1.807, 2.05) is 29.3 Å². The lowest BCUT2D eigenvalue weighted by molar-refractivity contribution is -0.129. The molecular weight excluding hydrogens is 338 g/mol. The topological polar surface area (TPSA) is 85.8 Å². The molecule has 8 heteroatoms. The second-order valence-electron chi connectivity index (χ2n) is 5.91. The highest BCUT2D eigenvalue weighted by Gasteiger charge is 2.25. The molecule has 3 N–H and O–H groups in total. The molecule has 1 fully saturated rings. The van der Waals surface area contributed by atoms with Gasteiger partial charge in [0.2, 0.25) is 5.91 Å². The smallest absolute Gasteiger partial charge is 0.261 e. The van der Waals surface area contributed by atoms with E-state index in [-0.39, 0.29) is 17.9 Å². The summed E-state index contributed by atoms with van der Waals surface area (Å²) in [5, 5.41) is 11.4. The van der Waals surface area contributed by atoms with Crippen molar-refractivity contribution < 1.29 is 9.59 Å². The Kier molecular flexibility index (Phi) is 7.72. The zero-order valence-corrected chi connectivity index (χ0v) is 15.7. The van der Waals surface area contributed by atoms with Crippen LogP contribution in [0.25, 0.3) is 0 Å². The fourth-order valence-corrected chi connectivity index (χ4v) is 3.35. The van der Waals surface area contributed by atoms with E-state index in [9.17, 15) is 9.59 Å². The molecule has 138 valence electrons. The highest BCUT2D eigenvalue weighted by Crippen LogP contribution is 2.10. The molecule has 7 nitrogen and oxygen atoms in total. The molecule has 1 aromatic heterocycles.